The van der Waals surface area contributed by atoms with Gasteiger partial charge in [0.1, 0.15) is 0 Å². The van der Waals surface area contributed by atoms with Crippen LogP contribution in [0.15, 0.2) is 69.0 Å². The molecule has 1 N–H and O–H groups in total. The van der Waals surface area contributed by atoms with E-state index in [1.54, 1.807) is 71.4 Å². The molecule has 1 unspecified atom stereocenters. The Morgan fingerprint density at radius 3 is 2.62 bits per heavy atom. The van der Waals surface area contributed by atoms with Gasteiger partial charge in [-0.2, -0.15) is 0 Å². The molecule has 0 fully saturated rings. The van der Waals surface area contributed by atoms with Crippen LogP contribution in [0.1, 0.15) is 13.8 Å². The third kappa shape index (κ3) is 4.01. The number of rotatable bonds is 4. The van der Waals surface area contributed by atoms with Crippen molar-refractivity contribution in [2.75, 3.05) is 16.2 Å². The summed E-state index contributed by atoms with van der Waals surface area (Å²) in [7, 11) is -3.81. The van der Waals surface area contributed by atoms with Gasteiger partial charge in [-0.15, -0.1) is 11.8 Å². The zero-order chi connectivity index (χ0) is 20.6. The molecule has 2 heterocycles. The number of thioether (sulfide) groups is 1. The van der Waals surface area contributed by atoms with Crippen molar-refractivity contribution in [1.82, 2.24) is 5.16 Å². The zero-order valence-electron chi connectivity index (χ0n) is 15.8. The first-order valence-electron chi connectivity index (χ1n) is 8.96. The minimum Gasteiger partial charge on any atom is -0.356 e. The van der Waals surface area contributed by atoms with Crippen molar-refractivity contribution in [3.8, 4) is 11.3 Å². The Morgan fingerprint density at radius 1 is 1.21 bits per heavy atom. The zero-order valence-corrected chi connectivity index (χ0v) is 17.5. The van der Waals surface area contributed by atoms with Gasteiger partial charge in [0.2, 0.25) is 5.91 Å². The molecule has 3 aromatic rings. The third-order valence-corrected chi connectivity index (χ3v) is 7.07. The second kappa shape index (κ2) is 7.57. The molecular formula is C20H19N3O4S2. The lowest BCUT2D eigenvalue weighted by molar-refractivity contribution is -0.116. The van der Waals surface area contributed by atoms with E-state index in [1.165, 1.54) is 6.92 Å². The van der Waals surface area contributed by atoms with E-state index in [-0.39, 0.29) is 16.1 Å². The number of nitrogens with zero attached hydrogens (tertiary/aromatic N) is 2. The van der Waals surface area contributed by atoms with Crippen LogP contribution in [-0.4, -0.2) is 31.3 Å². The number of carbonyl (C=O) groups excluding carboxylic acids is 1. The number of carbonyl (C=O) groups is 1. The molecule has 0 aliphatic carbocycles. The second-order valence-electron chi connectivity index (χ2n) is 6.75. The highest BCUT2D eigenvalue weighted by molar-refractivity contribution is 8.00. The topological polar surface area (TPSA) is 92.5 Å². The van der Waals surface area contributed by atoms with Crippen LogP contribution < -0.4 is 9.62 Å². The Kier molecular flexibility index (Phi) is 5.10. The van der Waals surface area contributed by atoms with Gasteiger partial charge < -0.3 is 9.42 Å². The quantitative estimate of drug-likeness (QED) is 0.674. The van der Waals surface area contributed by atoms with Crippen molar-refractivity contribution in [2.24, 2.45) is 0 Å². The molecule has 1 aliphatic rings. The maximum absolute atomic E-state index is 12.9. The summed E-state index contributed by atoms with van der Waals surface area (Å²) in [6.45, 7) is 4.08. The van der Waals surface area contributed by atoms with Gasteiger partial charge in [0, 0.05) is 40.9 Å². The Balaban J connectivity index is 1.61. The first kappa shape index (κ1) is 19.5. The molecule has 0 bridgehead atoms. The molecule has 9 heteroatoms. The number of nitrogens with one attached hydrogen (secondary N) is 1. The number of fused-ring (bicyclic) bond motifs is 1. The van der Waals surface area contributed by atoms with Gasteiger partial charge >= 0.3 is 0 Å². The lowest BCUT2D eigenvalue weighted by Crippen LogP contribution is -2.37. The van der Waals surface area contributed by atoms with Crippen LogP contribution in [0.25, 0.3) is 11.3 Å². The number of hydrogen-bond acceptors (Lipinski definition) is 6. The van der Waals surface area contributed by atoms with E-state index in [2.05, 4.69) is 9.88 Å². The minimum atomic E-state index is -3.81. The molecule has 0 radical (unpaired) electrons. The van der Waals surface area contributed by atoms with Crippen LogP contribution in [0.3, 0.4) is 0 Å². The summed E-state index contributed by atoms with van der Waals surface area (Å²) in [5.41, 5.74) is 1.85. The lowest BCUT2D eigenvalue weighted by atomic mass is 10.1. The Hall–Kier alpha value is -2.78. The van der Waals surface area contributed by atoms with Crippen LogP contribution in [0.2, 0.25) is 0 Å². The van der Waals surface area contributed by atoms with Crippen LogP contribution >= 0.6 is 11.8 Å². The highest BCUT2D eigenvalue weighted by Crippen LogP contribution is 2.40. The van der Waals surface area contributed by atoms with Crippen LogP contribution in [0.5, 0.6) is 0 Å². The van der Waals surface area contributed by atoms with Crippen molar-refractivity contribution < 1.29 is 17.7 Å². The number of hydrogen-bond donors (Lipinski definition) is 1. The normalized spacial score (nSPS) is 16.3. The van der Waals surface area contributed by atoms with Gasteiger partial charge in [0.25, 0.3) is 10.0 Å². The maximum Gasteiger partial charge on any atom is 0.261 e. The highest BCUT2D eigenvalue weighted by atomic mass is 32.2. The summed E-state index contributed by atoms with van der Waals surface area (Å²) in [4.78, 5) is 14.7. The molecule has 1 aliphatic heterocycles. The van der Waals surface area contributed by atoms with Crippen molar-refractivity contribution in [2.45, 2.75) is 28.9 Å². The third-order valence-electron chi connectivity index (χ3n) is 4.54. The molecule has 0 saturated heterocycles. The fourth-order valence-corrected chi connectivity index (χ4v) is 5.34. The number of benzene rings is 2. The van der Waals surface area contributed by atoms with E-state index < -0.39 is 10.0 Å². The summed E-state index contributed by atoms with van der Waals surface area (Å²) in [6.07, 6.45) is 1.55. The Labute approximate surface area is 173 Å². The molecule has 1 amide bonds. The van der Waals surface area contributed by atoms with E-state index in [0.29, 0.717) is 23.7 Å². The summed E-state index contributed by atoms with van der Waals surface area (Å²) in [5, 5.41) is 3.91. The van der Waals surface area contributed by atoms with Gasteiger partial charge in [-0.25, -0.2) is 8.42 Å². The molecular weight excluding hydrogens is 410 g/mol. The summed E-state index contributed by atoms with van der Waals surface area (Å²) >= 11 is 1.63. The largest absolute Gasteiger partial charge is 0.356 e. The molecule has 7 nitrogen and oxygen atoms in total. The number of anilines is 2. The summed E-state index contributed by atoms with van der Waals surface area (Å²) in [5.74, 6) is 0.494. The van der Waals surface area contributed by atoms with E-state index >= 15 is 0 Å². The molecule has 29 heavy (non-hydrogen) atoms. The van der Waals surface area contributed by atoms with E-state index in [4.69, 9.17) is 4.52 Å². The first-order chi connectivity index (χ1) is 13.8. The predicted molar refractivity (Wildman–Crippen MR) is 113 cm³/mol. The smallest absolute Gasteiger partial charge is 0.261 e. The van der Waals surface area contributed by atoms with E-state index in [0.717, 1.165) is 10.5 Å². The van der Waals surface area contributed by atoms with Crippen LogP contribution in [-0.2, 0) is 14.8 Å². The average Bonchev–Trinajstić information content (AvgIpc) is 3.22. The first-order valence-corrected chi connectivity index (χ1v) is 11.3. The predicted octanol–water partition coefficient (Wildman–Crippen LogP) is 3.99. The second-order valence-corrected chi connectivity index (χ2v) is 9.91. The SMILES string of the molecule is CC(=O)N1CC(C)Sc2ccc(S(=O)(=O)Nc3ccc(-c4ccno4)cc3)cc21. The summed E-state index contributed by atoms with van der Waals surface area (Å²) in [6, 6.07) is 13.4. The summed E-state index contributed by atoms with van der Waals surface area (Å²) < 4.78 is 33.5. The fourth-order valence-electron chi connectivity index (χ4n) is 3.16. The highest BCUT2D eigenvalue weighted by Gasteiger charge is 2.27. The fraction of sp³-hybridized carbons (Fsp3) is 0.200. The van der Waals surface area contributed by atoms with Gasteiger partial charge in [-0.05, 0) is 42.5 Å². The molecule has 1 atom stereocenters. The average molecular weight is 430 g/mol. The number of aromatic nitrogens is 1. The van der Waals surface area contributed by atoms with Gasteiger partial charge in [-0.3, -0.25) is 9.52 Å². The minimum absolute atomic E-state index is 0.107. The molecule has 4 rings (SSSR count). The van der Waals surface area contributed by atoms with Crippen molar-refractivity contribution in [3.63, 3.8) is 0 Å². The number of amides is 1. The molecule has 2 aromatic carbocycles. The molecule has 0 spiro atoms. The van der Waals surface area contributed by atoms with Crippen molar-refractivity contribution in [1.29, 1.82) is 0 Å². The van der Waals surface area contributed by atoms with Gasteiger partial charge in [-0.1, -0.05) is 12.1 Å². The van der Waals surface area contributed by atoms with Gasteiger partial charge in [0.05, 0.1) is 16.8 Å². The molecule has 1 aromatic heterocycles. The standard InChI is InChI=1S/C20H19N3O4S2/c1-13-12-23(14(2)24)18-11-17(7-8-20(18)28-13)29(25,26)22-16-5-3-15(4-6-16)19-9-10-21-27-19/h3-11,13,22H,12H2,1-2H3. The van der Waals surface area contributed by atoms with E-state index in [9.17, 15) is 13.2 Å². The Bertz CT molecular complexity index is 1140. The van der Waals surface area contributed by atoms with Crippen molar-refractivity contribution >= 4 is 39.1 Å². The lowest BCUT2D eigenvalue weighted by Gasteiger charge is -2.32. The van der Waals surface area contributed by atoms with Crippen LogP contribution in [0, 0.1) is 0 Å². The number of sulfonamides is 1. The maximum atomic E-state index is 12.9. The van der Waals surface area contributed by atoms with E-state index in [1.807, 2.05) is 6.92 Å². The van der Waals surface area contributed by atoms with Crippen molar-refractivity contribution in [3.05, 3.63) is 54.7 Å². The van der Waals surface area contributed by atoms with Gasteiger partial charge in [0.15, 0.2) is 5.76 Å². The molecule has 0 saturated carbocycles. The van der Waals surface area contributed by atoms with Crippen LogP contribution in [0.4, 0.5) is 11.4 Å². The Morgan fingerprint density at radius 2 is 1.97 bits per heavy atom. The molecule has 150 valence electrons. The monoisotopic (exact) mass is 429 g/mol.